The maximum absolute atomic E-state index is 10.8. The number of aromatic nitrogens is 2. The molecule has 0 radical (unpaired) electrons. The number of aliphatic hydroxyl groups is 2. The number of rotatable bonds is 4. The van der Waals surface area contributed by atoms with E-state index in [0.29, 0.717) is 18.4 Å². The Hall–Kier alpha value is -1.13. The van der Waals surface area contributed by atoms with E-state index in [1.807, 2.05) is 6.20 Å². The van der Waals surface area contributed by atoms with Gasteiger partial charge in [-0.1, -0.05) is 26.0 Å². The molecular weight excluding hydrogens is 348 g/mol. The molecule has 0 unspecified atom stereocenters. The van der Waals surface area contributed by atoms with Crippen molar-refractivity contribution in [1.82, 2.24) is 10.2 Å². The molecule has 154 valence electrons. The summed E-state index contributed by atoms with van der Waals surface area (Å²) in [4.78, 5) is 0. The van der Waals surface area contributed by atoms with E-state index in [1.54, 1.807) is 0 Å². The third kappa shape index (κ3) is 1.97. The number of aromatic amines is 1. The third-order valence-corrected chi connectivity index (χ3v) is 10.4. The SMILES string of the molecule is C=C(C)[C@H]1CC[C@@H]2[C@]1(C)CC[C@@]1([C@@]3(C)Cc4cn[nH]c4C[C@@H]3CO)C[C@]21CO. The molecule has 3 N–H and O–H groups in total. The fourth-order valence-electron chi connectivity index (χ4n) is 8.95. The van der Waals surface area contributed by atoms with Crippen LogP contribution in [0.25, 0.3) is 0 Å². The summed E-state index contributed by atoms with van der Waals surface area (Å²) in [7, 11) is 0. The van der Waals surface area contributed by atoms with Crippen molar-refractivity contribution < 1.29 is 10.2 Å². The molecule has 0 aromatic carbocycles. The summed E-state index contributed by atoms with van der Waals surface area (Å²) in [6.07, 6.45) is 9.79. The molecule has 4 aliphatic carbocycles. The fraction of sp³-hybridized carbons (Fsp3) is 0.792. The zero-order chi connectivity index (χ0) is 19.9. The lowest BCUT2D eigenvalue weighted by Crippen LogP contribution is -2.53. The summed E-state index contributed by atoms with van der Waals surface area (Å²) in [6, 6.07) is 0. The first-order valence-corrected chi connectivity index (χ1v) is 11.2. The fourth-order valence-corrected chi connectivity index (χ4v) is 8.95. The van der Waals surface area contributed by atoms with Crippen molar-refractivity contribution >= 4 is 0 Å². The molecule has 0 amide bonds. The number of nitrogens with zero attached hydrogens (tertiary/aromatic N) is 1. The highest BCUT2D eigenvalue weighted by Gasteiger charge is 2.81. The molecule has 1 aromatic heterocycles. The molecule has 28 heavy (non-hydrogen) atoms. The van der Waals surface area contributed by atoms with Crippen molar-refractivity contribution in [3.63, 3.8) is 0 Å². The van der Waals surface area contributed by atoms with Gasteiger partial charge in [0.15, 0.2) is 0 Å². The first-order valence-electron chi connectivity index (χ1n) is 11.2. The highest BCUT2D eigenvalue weighted by molar-refractivity contribution is 5.35. The second kappa shape index (κ2) is 5.72. The Kier molecular flexibility index (Phi) is 3.86. The van der Waals surface area contributed by atoms with Crippen molar-refractivity contribution in [2.45, 2.75) is 65.7 Å². The summed E-state index contributed by atoms with van der Waals surface area (Å²) < 4.78 is 0. The minimum Gasteiger partial charge on any atom is -0.396 e. The summed E-state index contributed by atoms with van der Waals surface area (Å²) in [5.41, 5.74) is 4.30. The van der Waals surface area contributed by atoms with Crippen LogP contribution in [0, 0.1) is 39.4 Å². The number of fused-ring (bicyclic) bond motifs is 4. The van der Waals surface area contributed by atoms with Crippen molar-refractivity contribution in [2.24, 2.45) is 39.4 Å². The Morgan fingerprint density at radius 2 is 2.07 bits per heavy atom. The van der Waals surface area contributed by atoms with Gasteiger partial charge in [-0.15, -0.1) is 0 Å². The smallest absolute Gasteiger partial charge is 0.0522 e. The van der Waals surface area contributed by atoms with Gasteiger partial charge in [0.1, 0.15) is 0 Å². The van der Waals surface area contributed by atoms with Gasteiger partial charge in [0.25, 0.3) is 0 Å². The number of H-pyrrole nitrogens is 1. The minimum atomic E-state index is 0.0179. The van der Waals surface area contributed by atoms with E-state index in [2.05, 4.69) is 37.5 Å². The van der Waals surface area contributed by atoms with E-state index < -0.39 is 0 Å². The Labute approximate surface area is 168 Å². The van der Waals surface area contributed by atoms with Crippen LogP contribution in [0.15, 0.2) is 18.3 Å². The van der Waals surface area contributed by atoms with Crippen LogP contribution >= 0.6 is 0 Å². The lowest BCUT2D eigenvalue weighted by Gasteiger charge is -2.56. The molecule has 3 fully saturated rings. The molecule has 0 bridgehead atoms. The number of hydrogen-bond acceptors (Lipinski definition) is 3. The predicted octanol–water partition coefficient (Wildman–Crippen LogP) is 3.89. The summed E-state index contributed by atoms with van der Waals surface area (Å²) >= 11 is 0. The maximum atomic E-state index is 10.8. The Morgan fingerprint density at radius 1 is 1.29 bits per heavy atom. The van der Waals surface area contributed by atoms with Gasteiger partial charge in [0.05, 0.1) is 6.20 Å². The molecule has 0 aliphatic heterocycles. The molecule has 5 rings (SSSR count). The van der Waals surface area contributed by atoms with Crippen LogP contribution in [0.2, 0.25) is 0 Å². The lowest BCUT2D eigenvalue weighted by atomic mass is 9.48. The van der Waals surface area contributed by atoms with Gasteiger partial charge in [0, 0.05) is 24.3 Å². The monoisotopic (exact) mass is 384 g/mol. The largest absolute Gasteiger partial charge is 0.396 e. The first-order chi connectivity index (χ1) is 13.3. The molecule has 4 heteroatoms. The molecule has 1 heterocycles. The summed E-state index contributed by atoms with van der Waals surface area (Å²) in [6.45, 7) is 11.9. The minimum absolute atomic E-state index is 0.0179. The van der Waals surface area contributed by atoms with Crippen LogP contribution in [0.1, 0.15) is 64.1 Å². The van der Waals surface area contributed by atoms with Gasteiger partial charge >= 0.3 is 0 Å². The number of hydrogen-bond donors (Lipinski definition) is 3. The average Bonchev–Trinajstić information content (AvgIpc) is 2.94. The van der Waals surface area contributed by atoms with Crippen LogP contribution < -0.4 is 0 Å². The molecule has 0 spiro atoms. The van der Waals surface area contributed by atoms with Gasteiger partial charge in [-0.3, -0.25) is 5.10 Å². The van der Waals surface area contributed by atoms with Gasteiger partial charge in [-0.25, -0.2) is 0 Å². The van der Waals surface area contributed by atoms with Crippen LogP contribution in [0.4, 0.5) is 0 Å². The van der Waals surface area contributed by atoms with Gasteiger partial charge in [0.2, 0.25) is 0 Å². The third-order valence-electron chi connectivity index (χ3n) is 10.4. The van der Waals surface area contributed by atoms with Crippen molar-refractivity contribution in [2.75, 3.05) is 13.2 Å². The van der Waals surface area contributed by atoms with Crippen molar-refractivity contribution in [1.29, 1.82) is 0 Å². The van der Waals surface area contributed by atoms with Crippen LogP contribution in [-0.2, 0) is 12.8 Å². The number of nitrogens with one attached hydrogen (secondary N) is 1. The van der Waals surface area contributed by atoms with E-state index in [9.17, 15) is 10.2 Å². The van der Waals surface area contributed by atoms with Crippen LogP contribution in [0.3, 0.4) is 0 Å². The standard InChI is InChI=1S/C24H36N2O2/c1-15(2)18-5-6-20-21(18,3)7-8-24(13-23(20,24)14-28)22(4)10-16-11-25-26-19(16)9-17(22)12-27/h11,17-18,20,27-28H,1,5-10,12-14H2,2-4H3,(H,25,26)/t17-,18-,20-,21-,22+,23+,24+/m1/s1. The highest BCUT2D eigenvalue weighted by atomic mass is 16.3. The average molecular weight is 385 g/mol. The van der Waals surface area contributed by atoms with Crippen molar-refractivity contribution in [3.8, 4) is 0 Å². The molecule has 3 saturated carbocycles. The molecular formula is C24H36N2O2. The molecule has 1 aromatic rings. The van der Waals surface area contributed by atoms with Crippen LogP contribution in [0.5, 0.6) is 0 Å². The van der Waals surface area contributed by atoms with Gasteiger partial charge < -0.3 is 10.2 Å². The summed E-state index contributed by atoms with van der Waals surface area (Å²) in [5.74, 6) is 1.40. The number of aliphatic hydroxyl groups excluding tert-OH is 2. The topological polar surface area (TPSA) is 69.1 Å². The second-order valence-electron chi connectivity index (χ2n) is 11.2. The molecule has 4 aliphatic rings. The van der Waals surface area contributed by atoms with E-state index in [1.165, 1.54) is 42.5 Å². The number of allylic oxidation sites excluding steroid dienone is 1. The Balaban J connectivity index is 1.56. The van der Waals surface area contributed by atoms with E-state index in [0.717, 1.165) is 19.3 Å². The summed E-state index contributed by atoms with van der Waals surface area (Å²) in [5, 5.41) is 28.6. The molecule has 7 atom stereocenters. The second-order valence-corrected chi connectivity index (χ2v) is 11.2. The van der Waals surface area contributed by atoms with Gasteiger partial charge in [-0.05, 0) is 91.4 Å². The lowest BCUT2D eigenvalue weighted by molar-refractivity contribution is -0.0868. The zero-order valence-corrected chi connectivity index (χ0v) is 17.7. The van der Waals surface area contributed by atoms with E-state index in [-0.39, 0.29) is 34.2 Å². The molecule has 0 saturated heterocycles. The van der Waals surface area contributed by atoms with E-state index in [4.69, 9.17) is 0 Å². The first kappa shape index (κ1) is 18.9. The highest BCUT2D eigenvalue weighted by Crippen LogP contribution is 2.86. The van der Waals surface area contributed by atoms with Gasteiger partial charge in [-0.2, -0.15) is 5.10 Å². The van der Waals surface area contributed by atoms with Crippen molar-refractivity contribution in [3.05, 3.63) is 29.6 Å². The Bertz CT molecular complexity index is 817. The normalized spacial score (nSPS) is 49.2. The zero-order valence-electron chi connectivity index (χ0n) is 17.7. The molecule has 4 nitrogen and oxygen atoms in total. The maximum Gasteiger partial charge on any atom is 0.0522 e. The van der Waals surface area contributed by atoms with E-state index >= 15 is 0 Å². The quantitative estimate of drug-likeness (QED) is 0.690. The predicted molar refractivity (Wildman–Crippen MR) is 110 cm³/mol. The van der Waals surface area contributed by atoms with Crippen LogP contribution in [-0.4, -0.2) is 33.6 Å². The Morgan fingerprint density at radius 3 is 2.75 bits per heavy atom.